The number of hydrogen-bond donors (Lipinski definition) is 0. The van der Waals surface area contributed by atoms with Crippen LogP contribution in [-0.2, 0) is 6.54 Å². The molecule has 1 aliphatic rings. The first-order valence-electron chi connectivity index (χ1n) is 6.76. The van der Waals surface area contributed by atoms with Gasteiger partial charge in [-0.2, -0.15) is 0 Å². The van der Waals surface area contributed by atoms with Crippen LogP contribution >= 0.6 is 11.3 Å². The van der Waals surface area contributed by atoms with Gasteiger partial charge in [0.1, 0.15) is 11.3 Å². The first-order valence-corrected chi connectivity index (χ1v) is 7.64. The van der Waals surface area contributed by atoms with E-state index in [9.17, 15) is 4.79 Å². The Morgan fingerprint density at radius 3 is 2.50 bits per heavy atom. The lowest BCUT2D eigenvalue weighted by molar-refractivity contribution is 0.112. The van der Waals surface area contributed by atoms with E-state index in [0.717, 1.165) is 44.6 Å². The second-order valence-electron chi connectivity index (χ2n) is 4.90. The molecular formula is C15H17N3OS. The molecule has 2 heterocycles. The monoisotopic (exact) mass is 287 g/mol. The molecule has 2 aromatic rings. The highest BCUT2D eigenvalue weighted by Crippen LogP contribution is 2.18. The summed E-state index contributed by atoms with van der Waals surface area (Å²) >= 11 is 1.72. The number of benzene rings is 1. The summed E-state index contributed by atoms with van der Waals surface area (Å²) in [5.41, 5.74) is 1.93. The number of thiazole rings is 1. The Morgan fingerprint density at radius 2 is 1.90 bits per heavy atom. The van der Waals surface area contributed by atoms with Gasteiger partial charge in [-0.15, -0.1) is 11.3 Å². The van der Waals surface area contributed by atoms with Crippen molar-refractivity contribution in [1.82, 2.24) is 9.88 Å². The minimum absolute atomic E-state index is 0.733. The number of anilines is 1. The van der Waals surface area contributed by atoms with E-state index in [1.54, 1.807) is 11.3 Å². The van der Waals surface area contributed by atoms with Crippen molar-refractivity contribution in [2.75, 3.05) is 31.1 Å². The molecule has 1 fully saturated rings. The highest BCUT2D eigenvalue weighted by atomic mass is 32.1. The molecule has 0 unspecified atom stereocenters. The number of carbonyl (C=O) groups is 1. The molecule has 0 saturated carbocycles. The van der Waals surface area contributed by atoms with Crippen molar-refractivity contribution < 1.29 is 4.79 Å². The summed E-state index contributed by atoms with van der Waals surface area (Å²) in [5.74, 6) is 0. The molecule has 0 radical (unpaired) electrons. The Hall–Kier alpha value is -1.72. The van der Waals surface area contributed by atoms with Crippen LogP contribution in [0.25, 0.3) is 0 Å². The van der Waals surface area contributed by atoms with Crippen LogP contribution < -0.4 is 4.90 Å². The maximum absolute atomic E-state index is 10.7. The lowest BCUT2D eigenvalue weighted by Gasteiger charge is -2.35. The molecule has 1 aromatic carbocycles. The van der Waals surface area contributed by atoms with E-state index in [0.29, 0.717) is 0 Å². The quantitative estimate of drug-likeness (QED) is 0.808. The summed E-state index contributed by atoms with van der Waals surface area (Å²) < 4.78 is 0. The van der Waals surface area contributed by atoms with Crippen LogP contribution in [0.15, 0.2) is 35.8 Å². The Balaban J connectivity index is 1.56. The van der Waals surface area contributed by atoms with Gasteiger partial charge in [-0.25, -0.2) is 4.98 Å². The maximum atomic E-state index is 10.7. The Morgan fingerprint density at radius 1 is 1.15 bits per heavy atom. The van der Waals surface area contributed by atoms with Crippen molar-refractivity contribution in [2.24, 2.45) is 0 Å². The Labute approximate surface area is 122 Å². The molecule has 0 aliphatic carbocycles. The normalized spacial score (nSPS) is 16.3. The van der Waals surface area contributed by atoms with E-state index >= 15 is 0 Å². The zero-order valence-electron chi connectivity index (χ0n) is 11.2. The largest absolute Gasteiger partial charge is 0.369 e. The molecule has 1 saturated heterocycles. The molecule has 104 valence electrons. The van der Waals surface area contributed by atoms with Crippen LogP contribution in [0.4, 0.5) is 5.69 Å². The second kappa shape index (κ2) is 6.15. The number of piperazine rings is 1. The molecule has 0 atom stereocenters. The minimum atomic E-state index is 0.733. The molecule has 3 rings (SSSR count). The van der Waals surface area contributed by atoms with E-state index in [4.69, 9.17) is 0 Å². The number of rotatable bonds is 4. The van der Waals surface area contributed by atoms with Gasteiger partial charge in [0.15, 0.2) is 0 Å². The topological polar surface area (TPSA) is 36.4 Å². The Bertz CT molecular complexity index is 545. The van der Waals surface area contributed by atoms with E-state index in [1.807, 2.05) is 35.8 Å². The third kappa shape index (κ3) is 3.05. The van der Waals surface area contributed by atoms with E-state index in [2.05, 4.69) is 14.8 Å². The van der Waals surface area contributed by atoms with Gasteiger partial charge in [0, 0.05) is 49.0 Å². The smallest absolute Gasteiger partial charge is 0.150 e. The van der Waals surface area contributed by atoms with Crippen molar-refractivity contribution in [3.05, 3.63) is 46.4 Å². The van der Waals surface area contributed by atoms with E-state index in [-0.39, 0.29) is 0 Å². The molecule has 0 bridgehead atoms. The minimum Gasteiger partial charge on any atom is -0.369 e. The highest BCUT2D eigenvalue weighted by molar-refractivity contribution is 7.09. The summed E-state index contributed by atoms with van der Waals surface area (Å²) in [6.45, 7) is 5.09. The molecular weight excluding hydrogens is 270 g/mol. The van der Waals surface area contributed by atoms with Crippen molar-refractivity contribution in [2.45, 2.75) is 6.54 Å². The van der Waals surface area contributed by atoms with Gasteiger partial charge in [0.2, 0.25) is 0 Å². The number of carbonyl (C=O) groups excluding carboxylic acids is 1. The molecule has 0 amide bonds. The van der Waals surface area contributed by atoms with Crippen LogP contribution in [0, 0.1) is 0 Å². The molecule has 4 nitrogen and oxygen atoms in total. The fourth-order valence-corrected chi connectivity index (χ4v) is 3.11. The molecule has 5 heteroatoms. The van der Waals surface area contributed by atoms with Gasteiger partial charge >= 0.3 is 0 Å². The van der Waals surface area contributed by atoms with Crippen LogP contribution in [0.5, 0.6) is 0 Å². The predicted octanol–water partition coefficient (Wildman–Crippen LogP) is 2.28. The SMILES string of the molecule is O=Cc1ccc(N2CCN(Cc3nccs3)CC2)cc1. The average Bonchev–Trinajstić information content (AvgIpc) is 3.01. The van der Waals surface area contributed by atoms with E-state index in [1.165, 1.54) is 10.7 Å². The Kier molecular flexibility index (Phi) is 4.08. The van der Waals surface area contributed by atoms with Gasteiger partial charge in [0.05, 0.1) is 6.54 Å². The van der Waals surface area contributed by atoms with Crippen molar-refractivity contribution >= 4 is 23.3 Å². The summed E-state index contributed by atoms with van der Waals surface area (Å²) in [7, 11) is 0. The van der Waals surface area contributed by atoms with Gasteiger partial charge in [-0.1, -0.05) is 0 Å². The van der Waals surface area contributed by atoms with Crippen LogP contribution in [0.3, 0.4) is 0 Å². The van der Waals surface area contributed by atoms with Gasteiger partial charge in [-0.3, -0.25) is 9.69 Å². The summed E-state index contributed by atoms with van der Waals surface area (Å²) in [5, 5.41) is 3.22. The summed E-state index contributed by atoms with van der Waals surface area (Å²) in [4.78, 5) is 19.8. The van der Waals surface area contributed by atoms with Crippen LogP contribution in [0.1, 0.15) is 15.4 Å². The summed E-state index contributed by atoms with van der Waals surface area (Å²) in [6, 6.07) is 7.81. The second-order valence-corrected chi connectivity index (χ2v) is 5.88. The third-order valence-corrected chi connectivity index (χ3v) is 4.37. The van der Waals surface area contributed by atoms with Crippen LogP contribution in [0.2, 0.25) is 0 Å². The number of aromatic nitrogens is 1. The molecule has 1 aromatic heterocycles. The third-order valence-electron chi connectivity index (χ3n) is 3.61. The fourth-order valence-electron chi connectivity index (χ4n) is 2.45. The standard InChI is InChI=1S/C15H17N3OS/c19-12-13-1-3-14(4-2-13)18-8-6-17(7-9-18)11-15-16-5-10-20-15/h1-5,10,12H,6-9,11H2. The number of aldehydes is 1. The molecule has 20 heavy (non-hydrogen) atoms. The summed E-state index contributed by atoms with van der Waals surface area (Å²) in [6.07, 6.45) is 2.75. The highest BCUT2D eigenvalue weighted by Gasteiger charge is 2.17. The van der Waals surface area contributed by atoms with Gasteiger partial charge < -0.3 is 4.90 Å². The maximum Gasteiger partial charge on any atom is 0.150 e. The average molecular weight is 287 g/mol. The van der Waals surface area contributed by atoms with E-state index < -0.39 is 0 Å². The zero-order valence-corrected chi connectivity index (χ0v) is 12.1. The van der Waals surface area contributed by atoms with Crippen molar-refractivity contribution in [3.8, 4) is 0 Å². The van der Waals surface area contributed by atoms with Gasteiger partial charge in [0.25, 0.3) is 0 Å². The lowest BCUT2D eigenvalue weighted by atomic mass is 10.2. The van der Waals surface area contributed by atoms with Gasteiger partial charge in [-0.05, 0) is 24.3 Å². The van der Waals surface area contributed by atoms with Crippen molar-refractivity contribution in [1.29, 1.82) is 0 Å². The first kappa shape index (κ1) is 13.3. The van der Waals surface area contributed by atoms with Crippen LogP contribution in [-0.4, -0.2) is 42.3 Å². The lowest BCUT2D eigenvalue weighted by Crippen LogP contribution is -2.45. The fraction of sp³-hybridized carbons (Fsp3) is 0.333. The molecule has 0 N–H and O–H groups in total. The molecule has 1 aliphatic heterocycles. The predicted molar refractivity (Wildman–Crippen MR) is 81.4 cm³/mol. The van der Waals surface area contributed by atoms with Crippen molar-refractivity contribution in [3.63, 3.8) is 0 Å². The number of hydrogen-bond acceptors (Lipinski definition) is 5. The number of nitrogens with zero attached hydrogens (tertiary/aromatic N) is 3. The first-order chi connectivity index (χ1) is 9.85. The zero-order chi connectivity index (χ0) is 13.8. The molecule has 0 spiro atoms.